The van der Waals surface area contributed by atoms with Gasteiger partial charge >= 0.3 is 8.68 Å². The fraction of sp³-hybridized carbons (Fsp3) is 0. The molecule has 4 heteroatoms. The van der Waals surface area contributed by atoms with Crippen LogP contribution in [0.2, 0.25) is 0 Å². The predicted molar refractivity (Wildman–Crippen MR) is 17.7 cm³/mol. The van der Waals surface area contributed by atoms with Gasteiger partial charge in [0.25, 0.3) is 0 Å². The van der Waals surface area contributed by atoms with Gasteiger partial charge in [0.1, 0.15) is 11.4 Å². The Morgan fingerprint density at radius 1 is 1.33 bits per heavy atom. The Hall–Kier alpha value is -1.00. The molecule has 0 bridgehead atoms. The first-order chi connectivity index (χ1) is 2.81. The van der Waals surface area contributed by atoms with Crippen molar-refractivity contribution in [3.8, 4) is 11.4 Å². The summed E-state index contributed by atoms with van der Waals surface area (Å²) in [6.45, 7) is 0. The maximum absolute atomic E-state index is 9.64. The summed E-state index contributed by atoms with van der Waals surface area (Å²) < 4.78 is 9.64. The van der Waals surface area contributed by atoms with Crippen molar-refractivity contribution in [2.75, 3.05) is 0 Å². The number of nitriles is 2. The Bertz CT molecular complexity index is 123. The van der Waals surface area contributed by atoms with Gasteiger partial charge in [-0.25, -0.2) is 0 Å². The third kappa shape index (κ3) is 1.33. The average molecular weight is 96.1 g/mol. The van der Waals surface area contributed by atoms with E-state index in [9.17, 15) is 4.46 Å². The normalized spacial score (nSPS) is 5.00. The van der Waals surface area contributed by atoms with Crippen LogP contribution in [0.5, 0.6) is 0 Å². The summed E-state index contributed by atoms with van der Waals surface area (Å²) in [7, 11) is -2.51. The molecule has 0 aromatic rings. The van der Waals surface area contributed by atoms with Gasteiger partial charge < -0.3 is 4.46 Å². The first-order valence-electron chi connectivity index (χ1n) is 1.15. The molecule has 0 radical (unpaired) electrons. The monoisotopic (exact) mass is 96.0 g/mol. The van der Waals surface area contributed by atoms with E-state index >= 15 is 0 Å². The molecule has 6 heavy (non-hydrogen) atoms. The quantitative estimate of drug-likeness (QED) is 0.383. The van der Waals surface area contributed by atoms with Gasteiger partial charge in [0.2, 0.25) is 0 Å². The van der Waals surface area contributed by atoms with E-state index in [-0.39, 0.29) is 0 Å². The van der Waals surface area contributed by atoms with E-state index in [1.807, 2.05) is 0 Å². The molecular formula is C2N2OSi. The van der Waals surface area contributed by atoms with Crippen LogP contribution in [-0.2, 0) is 4.46 Å². The van der Waals surface area contributed by atoms with Crippen LogP contribution in [0.1, 0.15) is 0 Å². The third-order valence-electron chi connectivity index (χ3n) is 0.203. The molecule has 0 heterocycles. The smallest absolute Gasteiger partial charge is 0.351 e. The summed E-state index contributed by atoms with van der Waals surface area (Å²) in [5.74, 6) is 0. The van der Waals surface area contributed by atoms with Crippen LogP contribution in [0.4, 0.5) is 0 Å². The van der Waals surface area contributed by atoms with E-state index in [0.29, 0.717) is 0 Å². The molecular weight excluding hydrogens is 96.1 g/mol. The predicted octanol–water partition coefficient (Wildman–Crippen LogP) is -0.466. The van der Waals surface area contributed by atoms with E-state index in [2.05, 4.69) is 0 Å². The zero-order valence-electron chi connectivity index (χ0n) is 2.80. The second kappa shape index (κ2) is 2.25. The Kier molecular flexibility index (Phi) is 1.87. The molecule has 0 aromatic heterocycles. The summed E-state index contributed by atoms with van der Waals surface area (Å²) >= 11 is 0. The van der Waals surface area contributed by atoms with Gasteiger partial charge in [0.15, 0.2) is 0 Å². The molecule has 0 rings (SSSR count). The highest BCUT2D eigenvalue weighted by Gasteiger charge is 1.93. The van der Waals surface area contributed by atoms with E-state index in [1.54, 1.807) is 0 Å². The number of hydrogen-bond acceptors (Lipinski definition) is 3. The first kappa shape index (κ1) is 5.00. The summed E-state index contributed by atoms with van der Waals surface area (Å²) in [6.07, 6.45) is 0. The molecule has 0 atom stereocenters. The Balaban J connectivity index is 3.75. The summed E-state index contributed by atoms with van der Waals surface area (Å²) in [5, 5.41) is 15.2. The molecule has 0 saturated carbocycles. The van der Waals surface area contributed by atoms with Crippen LogP contribution < -0.4 is 0 Å². The van der Waals surface area contributed by atoms with E-state index in [4.69, 9.17) is 10.5 Å². The Morgan fingerprint density at radius 2 is 1.67 bits per heavy atom. The molecule has 0 saturated heterocycles. The molecule has 0 aliphatic rings. The van der Waals surface area contributed by atoms with Crippen molar-refractivity contribution >= 4 is 8.68 Å². The lowest BCUT2D eigenvalue weighted by atomic mass is 11.7. The lowest BCUT2D eigenvalue weighted by Gasteiger charge is -1.46. The maximum Gasteiger partial charge on any atom is 0.507 e. The van der Waals surface area contributed by atoms with Gasteiger partial charge in [0.05, 0.1) is 0 Å². The first-order valence-corrected chi connectivity index (χ1v) is 2.56. The summed E-state index contributed by atoms with van der Waals surface area (Å²) in [6, 6.07) is 0. The Labute approximate surface area is 36.1 Å². The van der Waals surface area contributed by atoms with Crippen LogP contribution in [-0.4, -0.2) is 8.68 Å². The molecule has 0 fully saturated rings. The highest BCUT2D eigenvalue weighted by molar-refractivity contribution is 6.60. The van der Waals surface area contributed by atoms with E-state index in [1.165, 1.54) is 11.4 Å². The fourth-order valence-electron chi connectivity index (χ4n) is 0.0250. The molecule has 0 aromatic carbocycles. The zero-order chi connectivity index (χ0) is 4.99. The lowest BCUT2D eigenvalue weighted by Crippen LogP contribution is -1.86. The van der Waals surface area contributed by atoms with Crippen molar-refractivity contribution in [2.45, 2.75) is 0 Å². The van der Waals surface area contributed by atoms with Crippen LogP contribution in [0, 0.1) is 21.9 Å². The molecule has 28 valence electrons. The molecule has 0 spiro atoms. The average Bonchev–Trinajstić information content (AvgIpc) is 1.65. The summed E-state index contributed by atoms with van der Waals surface area (Å²) in [4.78, 5) is 0. The zero-order valence-corrected chi connectivity index (χ0v) is 3.80. The second-order valence-electron chi connectivity index (χ2n) is 0.553. The molecule has 0 amide bonds. The Morgan fingerprint density at radius 3 is 1.67 bits per heavy atom. The highest BCUT2D eigenvalue weighted by atomic mass is 28.3. The highest BCUT2D eigenvalue weighted by Crippen LogP contribution is 1.50. The fourth-order valence-corrected chi connectivity index (χ4v) is 0.0750. The van der Waals surface area contributed by atoms with E-state index in [0.717, 1.165) is 0 Å². The second-order valence-corrected chi connectivity index (χ2v) is 1.66. The summed E-state index contributed by atoms with van der Waals surface area (Å²) in [5.41, 5.74) is 2.60. The van der Waals surface area contributed by atoms with Crippen molar-refractivity contribution in [2.24, 2.45) is 0 Å². The van der Waals surface area contributed by atoms with Gasteiger partial charge in [0, 0.05) is 0 Å². The van der Waals surface area contributed by atoms with Gasteiger partial charge in [-0.1, -0.05) is 0 Å². The molecule has 0 unspecified atom stereocenters. The van der Waals surface area contributed by atoms with Crippen LogP contribution in [0.15, 0.2) is 0 Å². The van der Waals surface area contributed by atoms with Crippen LogP contribution >= 0.6 is 0 Å². The SMILES string of the molecule is N#C[Si](=O)C#N. The van der Waals surface area contributed by atoms with Crippen molar-refractivity contribution in [1.29, 1.82) is 10.5 Å². The molecule has 0 N–H and O–H groups in total. The minimum Gasteiger partial charge on any atom is -0.351 e. The topological polar surface area (TPSA) is 64.7 Å². The van der Waals surface area contributed by atoms with Gasteiger partial charge in [-0.3, -0.25) is 0 Å². The van der Waals surface area contributed by atoms with Crippen LogP contribution in [0.25, 0.3) is 0 Å². The minimum atomic E-state index is -2.51. The van der Waals surface area contributed by atoms with Gasteiger partial charge in [-0.2, -0.15) is 10.5 Å². The lowest BCUT2D eigenvalue weighted by molar-refractivity contribution is 0.576. The molecule has 3 nitrogen and oxygen atoms in total. The van der Waals surface area contributed by atoms with Gasteiger partial charge in [-0.05, 0) is 0 Å². The standard InChI is InChI=1S/C2N2OSi/c3-1-6(5)2-4. The van der Waals surface area contributed by atoms with Gasteiger partial charge in [-0.15, -0.1) is 0 Å². The van der Waals surface area contributed by atoms with Crippen molar-refractivity contribution in [3.05, 3.63) is 0 Å². The maximum atomic E-state index is 9.64. The number of nitrogens with zero attached hydrogens (tertiary/aromatic N) is 2. The van der Waals surface area contributed by atoms with Crippen molar-refractivity contribution in [1.82, 2.24) is 0 Å². The van der Waals surface area contributed by atoms with E-state index < -0.39 is 8.68 Å². The minimum absolute atomic E-state index is 1.30. The molecule has 0 aliphatic carbocycles. The third-order valence-corrected chi connectivity index (χ3v) is 0.609. The largest absolute Gasteiger partial charge is 0.507 e. The van der Waals surface area contributed by atoms with Crippen LogP contribution in [0.3, 0.4) is 0 Å². The van der Waals surface area contributed by atoms with Crippen molar-refractivity contribution in [3.63, 3.8) is 0 Å². The number of hydrogen-bond donors (Lipinski definition) is 0. The molecule has 0 aliphatic heterocycles. The van der Waals surface area contributed by atoms with Crippen molar-refractivity contribution < 1.29 is 4.46 Å². The number of rotatable bonds is 0.